The Bertz CT molecular complexity index is 1320. The van der Waals surface area contributed by atoms with Gasteiger partial charge in [0.25, 0.3) is 0 Å². The molecule has 0 N–H and O–H groups in total. The van der Waals surface area contributed by atoms with Crippen molar-refractivity contribution in [2.24, 2.45) is 0 Å². The molecule has 2 aliphatic heterocycles. The molecule has 8 nitrogen and oxygen atoms in total. The number of cyclic esters (lactones) is 4. The zero-order valence-electron chi connectivity index (χ0n) is 16.0. The molecule has 0 spiro atoms. The molecule has 0 atom stereocenters. The van der Waals surface area contributed by atoms with E-state index in [1.54, 1.807) is 0 Å². The lowest BCUT2D eigenvalue weighted by Crippen LogP contribution is -2.15. The molecule has 0 fully saturated rings. The van der Waals surface area contributed by atoms with E-state index in [1.165, 1.54) is 60.7 Å². The second-order valence-electron chi connectivity index (χ2n) is 7.01. The molecule has 0 aromatic heterocycles. The number of carbonyl (C=O) groups is 6. The molecule has 0 bridgehead atoms. The first-order chi connectivity index (χ1) is 15.4. The van der Waals surface area contributed by atoms with E-state index in [1.807, 2.05) is 0 Å². The summed E-state index contributed by atoms with van der Waals surface area (Å²) < 4.78 is 9.19. The quantitative estimate of drug-likeness (QED) is 0.355. The fourth-order valence-electron chi connectivity index (χ4n) is 3.81. The van der Waals surface area contributed by atoms with Gasteiger partial charge in [-0.05, 0) is 12.1 Å². The standard InChI is InChI=1S/C24H10O8/c25-19(13-7-3-9-15-17(13)23(29)31-21(15)27)11-5-1-2-6-12(11)20(26)14-8-4-10-16-18(14)24(30)32-22(16)28/h1-10H. The van der Waals surface area contributed by atoms with Crippen molar-refractivity contribution in [2.75, 3.05) is 0 Å². The SMILES string of the molecule is O=C1OC(=O)c2c1cccc2C(=O)c1ccccc1C(=O)c1cccc2c1C(=O)OC2=O. The predicted molar refractivity (Wildman–Crippen MR) is 106 cm³/mol. The Hall–Kier alpha value is -4.72. The lowest BCUT2D eigenvalue weighted by atomic mass is 9.89. The van der Waals surface area contributed by atoms with Crippen LogP contribution < -0.4 is 0 Å². The number of hydrogen-bond donors (Lipinski definition) is 0. The predicted octanol–water partition coefficient (Wildman–Crippen LogP) is 2.77. The number of hydrogen-bond acceptors (Lipinski definition) is 8. The van der Waals surface area contributed by atoms with Crippen molar-refractivity contribution in [3.63, 3.8) is 0 Å². The van der Waals surface area contributed by atoms with Crippen LogP contribution in [-0.2, 0) is 9.47 Å². The van der Waals surface area contributed by atoms with E-state index in [4.69, 9.17) is 0 Å². The van der Waals surface area contributed by atoms with Crippen molar-refractivity contribution in [1.82, 2.24) is 0 Å². The molecule has 32 heavy (non-hydrogen) atoms. The minimum Gasteiger partial charge on any atom is -0.386 e. The summed E-state index contributed by atoms with van der Waals surface area (Å²) in [4.78, 5) is 74.6. The highest BCUT2D eigenvalue weighted by molar-refractivity contribution is 6.27. The highest BCUT2D eigenvalue weighted by Crippen LogP contribution is 2.29. The normalized spacial score (nSPS) is 14.0. The van der Waals surface area contributed by atoms with E-state index in [9.17, 15) is 28.8 Å². The Morgan fingerprint density at radius 1 is 0.469 bits per heavy atom. The van der Waals surface area contributed by atoms with E-state index in [0.717, 1.165) is 0 Å². The first-order valence-corrected chi connectivity index (χ1v) is 9.36. The summed E-state index contributed by atoms with van der Waals surface area (Å²) in [7, 11) is 0. The van der Waals surface area contributed by atoms with E-state index in [0.29, 0.717) is 0 Å². The van der Waals surface area contributed by atoms with E-state index in [-0.39, 0.29) is 44.5 Å². The lowest BCUT2D eigenvalue weighted by molar-refractivity contribution is 0.0425. The molecule has 154 valence electrons. The van der Waals surface area contributed by atoms with Gasteiger partial charge in [-0.1, -0.05) is 48.5 Å². The van der Waals surface area contributed by atoms with Gasteiger partial charge in [-0.2, -0.15) is 0 Å². The number of fused-ring (bicyclic) bond motifs is 2. The van der Waals surface area contributed by atoms with E-state index in [2.05, 4.69) is 9.47 Å². The van der Waals surface area contributed by atoms with Crippen LogP contribution in [0.25, 0.3) is 0 Å². The molecule has 0 amide bonds. The topological polar surface area (TPSA) is 121 Å². The maximum absolute atomic E-state index is 13.3. The molecule has 0 saturated heterocycles. The van der Waals surface area contributed by atoms with Crippen LogP contribution in [0.15, 0.2) is 60.7 Å². The lowest BCUT2D eigenvalue weighted by Gasteiger charge is -2.10. The van der Waals surface area contributed by atoms with Crippen LogP contribution in [0.4, 0.5) is 0 Å². The van der Waals surface area contributed by atoms with E-state index >= 15 is 0 Å². The molecule has 3 aromatic rings. The van der Waals surface area contributed by atoms with Gasteiger partial charge in [0.15, 0.2) is 11.6 Å². The van der Waals surface area contributed by atoms with Gasteiger partial charge in [0, 0.05) is 22.3 Å². The minimum atomic E-state index is -0.945. The smallest absolute Gasteiger partial charge is 0.347 e. The zero-order chi connectivity index (χ0) is 22.6. The molecule has 0 radical (unpaired) electrons. The Labute approximate surface area is 179 Å². The van der Waals surface area contributed by atoms with Gasteiger partial charge in [-0.15, -0.1) is 0 Å². The Balaban J connectivity index is 1.64. The van der Waals surface area contributed by atoms with Gasteiger partial charge < -0.3 is 9.47 Å². The van der Waals surface area contributed by atoms with Crippen LogP contribution in [0, 0.1) is 0 Å². The molecule has 2 aliphatic rings. The maximum Gasteiger partial charge on any atom is 0.347 e. The van der Waals surface area contributed by atoms with Crippen molar-refractivity contribution in [1.29, 1.82) is 0 Å². The largest absolute Gasteiger partial charge is 0.386 e. The molecule has 8 heteroatoms. The average Bonchev–Trinajstić information content (AvgIpc) is 3.27. The summed E-state index contributed by atoms with van der Waals surface area (Å²) in [5, 5.41) is 0. The van der Waals surface area contributed by atoms with Crippen LogP contribution in [0.2, 0.25) is 0 Å². The van der Waals surface area contributed by atoms with Gasteiger partial charge >= 0.3 is 23.9 Å². The summed E-state index contributed by atoms with van der Waals surface area (Å²) in [6.07, 6.45) is 0. The second-order valence-corrected chi connectivity index (χ2v) is 7.01. The highest BCUT2D eigenvalue weighted by atomic mass is 16.6. The van der Waals surface area contributed by atoms with Crippen LogP contribution in [-0.4, -0.2) is 35.4 Å². The second kappa shape index (κ2) is 6.92. The molecule has 3 aromatic carbocycles. The van der Waals surface area contributed by atoms with Crippen LogP contribution in [0.5, 0.6) is 0 Å². The first-order valence-electron chi connectivity index (χ1n) is 9.36. The first kappa shape index (κ1) is 19.3. The molecule has 0 saturated carbocycles. The third-order valence-electron chi connectivity index (χ3n) is 5.25. The maximum atomic E-state index is 13.3. The number of carbonyl (C=O) groups excluding carboxylic acids is 6. The number of ether oxygens (including phenoxy) is 2. The van der Waals surface area contributed by atoms with Gasteiger partial charge in [0.1, 0.15) is 0 Å². The Morgan fingerprint density at radius 2 is 0.844 bits per heavy atom. The summed E-state index contributed by atoms with van der Waals surface area (Å²) in [6, 6.07) is 14.2. The van der Waals surface area contributed by atoms with Gasteiger partial charge in [0.2, 0.25) is 0 Å². The highest BCUT2D eigenvalue weighted by Gasteiger charge is 2.37. The third kappa shape index (κ3) is 2.70. The Kier molecular flexibility index (Phi) is 4.16. The van der Waals surface area contributed by atoms with Gasteiger partial charge in [-0.3, -0.25) is 9.59 Å². The number of ketones is 2. The summed E-state index contributed by atoms with van der Waals surface area (Å²) in [5.41, 5.74) is -0.683. The van der Waals surface area contributed by atoms with Crippen molar-refractivity contribution in [2.45, 2.75) is 0 Å². The molecular formula is C24H10O8. The summed E-state index contributed by atoms with van der Waals surface area (Å²) in [5.74, 6) is -4.95. The molecule has 0 unspecified atom stereocenters. The fraction of sp³-hybridized carbons (Fsp3) is 0. The van der Waals surface area contributed by atoms with Crippen molar-refractivity contribution < 1.29 is 38.2 Å². The average molecular weight is 426 g/mol. The minimum absolute atomic E-state index is 0.0354. The number of esters is 4. The van der Waals surface area contributed by atoms with Crippen molar-refractivity contribution in [3.05, 3.63) is 105 Å². The summed E-state index contributed by atoms with van der Waals surface area (Å²) in [6.45, 7) is 0. The van der Waals surface area contributed by atoms with Crippen LogP contribution >= 0.6 is 0 Å². The van der Waals surface area contributed by atoms with Gasteiger partial charge in [-0.25, -0.2) is 19.2 Å². The van der Waals surface area contributed by atoms with Crippen LogP contribution in [0.3, 0.4) is 0 Å². The zero-order valence-corrected chi connectivity index (χ0v) is 16.0. The fourth-order valence-corrected chi connectivity index (χ4v) is 3.81. The van der Waals surface area contributed by atoms with Gasteiger partial charge in [0.05, 0.1) is 22.3 Å². The number of rotatable bonds is 4. The number of benzene rings is 3. The monoisotopic (exact) mass is 426 g/mol. The molecule has 5 rings (SSSR count). The Morgan fingerprint density at radius 3 is 1.25 bits per heavy atom. The molecular weight excluding hydrogens is 416 g/mol. The van der Waals surface area contributed by atoms with Crippen molar-refractivity contribution in [3.8, 4) is 0 Å². The summed E-state index contributed by atoms with van der Waals surface area (Å²) >= 11 is 0. The van der Waals surface area contributed by atoms with Crippen molar-refractivity contribution >= 4 is 35.4 Å². The molecule has 0 aliphatic carbocycles. The molecule has 2 heterocycles. The van der Waals surface area contributed by atoms with Crippen LogP contribution in [0.1, 0.15) is 73.3 Å². The third-order valence-corrected chi connectivity index (χ3v) is 5.25. The van der Waals surface area contributed by atoms with E-state index < -0.39 is 35.4 Å².